The highest BCUT2D eigenvalue weighted by atomic mass is 32.1. The zero-order valence-electron chi connectivity index (χ0n) is 15.0. The number of aryl methyl sites for hydroxylation is 2. The van der Waals surface area contributed by atoms with Gasteiger partial charge in [-0.15, -0.1) is 11.3 Å². The minimum atomic E-state index is -0.874. The average molecular weight is 381 g/mol. The molecule has 0 unspecified atom stereocenters. The minimum absolute atomic E-state index is 0.0874. The first-order valence-electron chi connectivity index (χ1n) is 8.57. The Kier molecular flexibility index (Phi) is 4.24. The molecule has 1 atom stereocenters. The highest BCUT2D eigenvalue weighted by Crippen LogP contribution is 2.35. The van der Waals surface area contributed by atoms with Gasteiger partial charge >= 0.3 is 0 Å². The summed E-state index contributed by atoms with van der Waals surface area (Å²) in [7, 11) is 0. The second kappa shape index (κ2) is 6.59. The van der Waals surface area contributed by atoms with Crippen molar-refractivity contribution in [3.05, 3.63) is 64.8 Å². The smallest absolute Gasteiger partial charge is 0.261 e. The van der Waals surface area contributed by atoms with Crippen LogP contribution in [-0.2, 0) is 4.79 Å². The number of carbonyl (C=O) groups is 2. The summed E-state index contributed by atoms with van der Waals surface area (Å²) in [5.74, 6) is -0.295. The number of aromatic nitrogens is 1. The molecule has 1 aliphatic rings. The highest BCUT2D eigenvalue weighted by molar-refractivity contribution is 7.13. The van der Waals surface area contributed by atoms with Crippen LogP contribution in [0.15, 0.2) is 47.8 Å². The molecule has 0 radical (unpaired) electrons. The van der Waals surface area contributed by atoms with Crippen LogP contribution < -0.4 is 15.4 Å². The van der Waals surface area contributed by atoms with Gasteiger partial charge in [-0.3, -0.25) is 9.59 Å². The number of benzene rings is 1. The lowest BCUT2D eigenvalue weighted by Gasteiger charge is -2.33. The molecule has 0 spiro atoms. The van der Waals surface area contributed by atoms with Crippen molar-refractivity contribution in [2.75, 3.05) is 11.4 Å². The van der Waals surface area contributed by atoms with Crippen LogP contribution in [0.1, 0.15) is 21.7 Å². The Balaban J connectivity index is 1.78. The second-order valence-corrected chi connectivity index (χ2v) is 7.38. The molecule has 0 fully saturated rings. The molecule has 0 saturated carbocycles. The van der Waals surface area contributed by atoms with Crippen molar-refractivity contribution in [1.82, 2.24) is 4.57 Å². The number of rotatable bonds is 3. The maximum atomic E-state index is 13.4. The predicted molar refractivity (Wildman–Crippen MR) is 105 cm³/mol. The third-order valence-corrected chi connectivity index (χ3v) is 5.58. The summed E-state index contributed by atoms with van der Waals surface area (Å²) in [5.41, 5.74) is 8.78. The van der Waals surface area contributed by atoms with E-state index in [1.807, 2.05) is 49.6 Å². The molecule has 1 aromatic carbocycles. The topological polar surface area (TPSA) is 77.6 Å². The number of amides is 2. The summed E-state index contributed by atoms with van der Waals surface area (Å²) in [6, 6.07) is 13.0. The number of anilines is 1. The summed E-state index contributed by atoms with van der Waals surface area (Å²) in [5, 5.41) is 2.76. The molecule has 27 heavy (non-hydrogen) atoms. The van der Waals surface area contributed by atoms with Crippen LogP contribution >= 0.6 is 11.3 Å². The first-order valence-corrected chi connectivity index (χ1v) is 9.45. The standard InChI is InChI=1S/C20H19N3O3S/c1-12-7-8-13(2)23(12)20-14(9-10-27-20)19(25)22-11-17(18(21)24)26-16-6-4-3-5-15(16)22/h3-10,17H,11H2,1-2H3,(H2,21,24)/t17-/m1/s1. The zero-order chi connectivity index (χ0) is 19.1. The lowest BCUT2D eigenvalue weighted by atomic mass is 10.1. The van der Waals surface area contributed by atoms with Crippen molar-refractivity contribution in [2.45, 2.75) is 20.0 Å². The van der Waals surface area contributed by atoms with E-state index in [1.165, 1.54) is 11.3 Å². The Morgan fingerprint density at radius 3 is 2.52 bits per heavy atom. The number of hydrogen-bond acceptors (Lipinski definition) is 4. The van der Waals surface area contributed by atoms with Crippen LogP contribution in [0.5, 0.6) is 5.75 Å². The Morgan fingerprint density at radius 2 is 1.81 bits per heavy atom. The number of primary amides is 1. The van der Waals surface area contributed by atoms with Gasteiger partial charge in [0.25, 0.3) is 11.8 Å². The van der Waals surface area contributed by atoms with Crippen LogP contribution in [0.3, 0.4) is 0 Å². The molecule has 7 heteroatoms. The number of fused-ring (bicyclic) bond motifs is 1. The SMILES string of the molecule is Cc1ccc(C)n1-c1sccc1C(=O)N1C[C@H](C(N)=O)Oc2ccccc21. The number of nitrogens with two attached hydrogens (primary N) is 1. The van der Waals surface area contributed by atoms with Gasteiger partial charge in [0.1, 0.15) is 10.8 Å². The fraction of sp³-hybridized carbons (Fsp3) is 0.200. The van der Waals surface area contributed by atoms with Gasteiger partial charge in [-0.1, -0.05) is 12.1 Å². The third kappa shape index (κ3) is 2.90. The molecule has 2 aromatic heterocycles. The van der Waals surface area contributed by atoms with Gasteiger partial charge in [-0.05, 0) is 49.6 Å². The van der Waals surface area contributed by atoms with Gasteiger partial charge in [0.05, 0.1) is 17.8 Å². The maximum Gasteiger partial charge on any atom is 0.261 e. The summed E-state index contributed by atoms with van der Waals surface area (Å²) < 4.78 is 7.73. The minimum Gasteiger partial charge on any atom is -0.477 e. The number of nitrogens with zero attached hydrogens (tertiary/aromatic N) is 2. The first-order chi connectivity index (χ1) is 13.0. The van der Waals surface area contributed by atoms with Crippen molar-refractivity contribution >= 4 is 28.8 Å². The highest BCUT2D eigenvalue weighted by Gasteiger charge is 2.34. The summed E-state index contributed by atoms with van der Waals surface area (Å²) in [6.45, 7) is 4.10. The lowest BCUT2D eigenvalue weighted by Crippen LogP contribution is -2.49. The first kappa shape index (κ1) is 17.4. The van der Waals surface area contributed by atoms with E-state index in [0.717, 1.165) is 16.4 Å². The summed E-state index contributed by atoms with van der Waals surface area (Å²) >= 11 is 1.51. The van der Waals surface area contributed by atoms with Gasteiger partial charge in [0, 0.05) is 11.4 Å². The number of hydrogen-bond donors (Lipinski definition) is 1. The van der Waals surface area contributed by atoms with Gasteiger partial charge < -0.3 is 19.9 Å². The van der Waals surface area contributed by atoms with Crippen LogP contribution in [0.25, 0.3) is 5.00 Å². The molecule has 138 valence electrons. The summed E-state index contributed by atoms with van der Waals surface area (Å²) in [4.78, 5) is 26.7. The molecule has 3 aromatic rings. The van der Waals surface area contributed by atoms with E-state index in [1.54, 1.807) is 17.0 Å². The fourth-order valence-electron chi connectivity index (χ4n) is 3.35. The quantitative estimate of drug-likeness (QED) is 0.757. The normalized spacial score (nSPS) is 15.9. The van der Waals surface area contributed by atoms with Crippen molar-refractivity contribution < 1.29 is 14.3 Å². The number of thiophene rings is 1. The predicted octanol–water partition coefficient (Wildman–Crippen LogP) is 3.05. The molecule has 2 N–H and O–H groups in total. The van der Waals surface area contributed by atoms with Crippen molar-refractivity contribution in [1.29, 1.82) is 0 Å². The van der Waals surface area contributed by atoms with Crippen LogP contribution in [0.4, 0.5) is 5.69 Å². The Labute approximate surface area is 160 Å². The van der Waals surface area contributed by atoms with E-state index in [-0.39, 0.29) is 12.5 Å². The van der Waals surface area contributed by atoms with E-state index < -0.39 is 12.0 Å². The molecule has 0 saturated heterocycles. The molecule has 0 bridgehead atoms. The van der Waals surface area contributed by atoms with Gasteiger partial charge in [0.2, 0.25) is 0 Å². The van der Waals surface area contributed by atoms with Crippen molar-refractivity contribution in [2.24, 2.45) is 5.73 Å². The molecule has 3 heterocycles. The number of para-hydroxylation sites is 2. The Hall–Kier alpha value is -3.06. The third-order valence-electron chi connectivity index (χ3n) is 4.69. The van der Waals surface area contributed by atoms with Crippen LogP contribution in [0, 0.1) is 13.8 Å². The Bertz CT molecular complexity index is 1020. The van der Waals surface area contributed by atoms with E-state index in [4.69, 9.17) is 10.5 Å². The number of ether oxygens (including phenoxy) is 1. The Morgan fingerprint density at radius 1 is 1.11 bits per heavy atom. The summed E-state index contributed by atoms with van der Waals surface area (Å²) in [6.07, 6.45) is -0.874. The molecular formula is C20H19N3O3S. The molecule has 1 aliphatic heterocycles. The molecule has 4 rings (SSSR count). The average Bonchev–Trinajstić information content (AvgIpc) is 3.26. The van der Waals surface area contributed by atoms with Gasteiger partial charge in [-0.25, -0.2) is 0 Å². The van der Waals surface area contributed by atoms with Gasteiger partial charge in [0.15, 0.2) is 6.10 Å². The molecule has 0 aliphatic carbocycles. The van der Waals surface area contributed by atoms with E-state index in [0.29, 0.717) is 17.0 Å². The zero-order valence-corrected chi connectivity index (χ0v) is 15.8. The monoisotopic (exact) mass is 381 g/mol. The van der Waals surface area contributed by atoms with E-state index in [9.17, 15) is 9.59 Å². The van der Waals surface area contributed by atoms with Crippen molar-refractivity contribution in [3.63, 3.8) is 0 Å². The second-order valence-electron chi connectivity index (χ2n) is 6.48. The number of carbonyl (C=O) groups excluding carboxylic acids is 2. The van der Waals surface area contributed by atoms with E-state index >= 15 is 0 Å². The molecular weight excluding hydrogens is 362 g/mol. The largest absolute Gasteiger partial charge is 0.477 e. The van der Waals surface area contributed by atoms with Crippen LogP contribution in [-0.4, -0.2) is 29.0 Å². The van der Waals surface area contributed by atoms with Crippen LogP contribution in [0.2, 0.25) is 0 Å². The molecule has 6 nitrogen and oxygen atoms in total. The maximum absolute atomic E-state index is 13.4. The lowest BCUT2D eigenvalue weighted by molar-refractivity contribution is -0.124. The van der Waals surface area contributed by atoms with Crippen molar-refractivity contribution in [3.8, 4) is 10.8 Å². The fourth-order valence-corrected chi connectivity index (χ4v) is 4.35. The van der Waals surface area contributed by atoms with Gasteiger partial charge in [-0.2, -0.15) is 0 Å². The molecule has 2 amide bonds. The van der Waals surface area contributed by atoms with E-state index in [2.05, 4.69) is 4.57 Å².